The zero-order chi connectivity index (χ0) is 15.4. The Bertz CT molecular complexity index is 677. The fourth-order valence-electron chi connectivity index (χ4n) is 1.74. The van der Waals surface area contributed by atoms with Crippen molar-refractivity contribution in [2.24, 2.45) is 0 Å². The van der Waals surface area contributed by atoms with Gasteiger partial charge in [0.05, 0.1) is 5.56 Å². The maximum Gasteiger partial charge on any atom is 0.330 e. The van der Waals surface area contributed by atoms with Gasteiger partial charge in [0.1, 0.15) is 0 Å². The zero-order valence-corrected chi connectivity index (χ0v) is 10.6. The summed E-state index contributed by atoms with van der Waals surface area (Å²) in [6, 6.07) is 7.49. The van der Waals surface area contributed by atoms with E-state index in [2.05, 4.69) is 10.3 Å². The second-order valence-electron chi connectivity index (χ2n) is 4.12. The number of nitrogens with one attached hydrogen (secondary N) is 1. The van der Waals surface area contributed by atoms with E-state index in [4.69, 9.17) is 5.11 Å². The van der Waals surface area contributed by atoms with Crippen LogP contribution in [0.3, 0.4) is 0 Å². The number of carboxylic acid groups (broad SMARTS) is 1. The molecule has 0 fully saturated rings. The van der Waals surface area contributed by atoms with Gasteiger partial charge in [-0.3, -0.25) is 4.79 Å². The predicted molar refractivity (Wildman–Crippen MR) is 68.4 cm³/mol. The van der Waals surface area contributed by atoms with Gasteiger partial charge in [-0.05, 0) is 11.6 Å². The van der Waals surface area contributed by atoms with E-state index in [-0.39, 0.29) is 0 Å². The minimum Gasteiger partial charge on any atom is -0.479 e. The Labute approximate surface area is 118 Å². The fourth-order valence-corrected chi connectivity index (χ4v) is 1.74. The molecular formula is C14H10F2N2O3. The molecule has 5 nitrogen and oxygen atoms in total. The summed E-state index contributed by atoms with van der Waals surface area (Å²) in [5, 5.41) is 11.3. The molecule has 0 spiro atoms. The van der Waals surface area contributed by atoms with E-state index in [0.717, 1.165) is 12.3 Å². The number of halogens is 2. The lowest BCUT2D eigenvalue weighted by Crippen LogP contribution is -2.34. The molecule has 2 N–H and O–H groups in total. The predicted octanol–water partition coefficient (Wildman–Crippen LogP) is 1.92. The molecule has 0 aliphatic carbocycles. The minimum absolute atomic E-state index is 0.313. The highest BCUT2D eigenvalue weighted by atomic mass is 19.2. The van der Waals surface area contributed by atoms with E-state index in [1.165, 1.54) is 12.1 Å². The third-order valence-corrected chi connectivity index (χ3v) is 2.75. The number of rotatable bonds is 4. The van der Waals surface area contributed by atoms with E-state index in [0.29, 0.717) is 5.56 Å². The Hall–Kier alpha value is -2.83. The number of pyridine rings is 1. The van der Waals surface area contributed by atoms with E-state index in [1.807, 2.05) is 0 Å². The van der Waals surface area contributed by atoms with Crippen LogP contribution >= 0.6 is 0 Å². The molecule has 0 bridgehead atoms. The van der Waals surface area contributed by atoms with Gasteiger partial charge in [-0.2, -0.15) is 4.39 Å². The summed E-state index contributed by atoms with van der Waals surface area (Å²) >= 11 is 0. The van der Waals surface area contributed by atoms with Gasteiger partial charge in [0.25, 0.3) is 5.91 Å². The topological polar surface area (TPSA) is 79.3 Å². The van der Waals surface area contributed by atoms with Gasteiger partial charge >= 0.3 is 5.97 Å². The molecule has 1 amide bonds. The molecule has 1 aromatic carbocycles. The number of benzene rings is 1. The number of carbonyl (C=O) groups is 2. The average molecular weight is 292 g/mol. The number of nitrogens with zero attached hydrogens (tertiary/aromatic N) is 1. The molecule has 2 aromatic rings. The smallest absolute Gasteiger partial charge is 0.330 e. The van der Waals surface area contributed by atoms with Crippen molar-refractivity contribution in [2.75, 3.05) is 0 Å². The van der Waals surface area contributed by atoms with Gasteiger partial charge in [-0.1, -0.05) is 30.3 Å². The third kappa shape index (κ3) is 3.19. The highest BCUT2D eigenvalue weighted by Crippen LogP contribution is 2.15. The number of carboxylic acids is 1. The van der Waals surface area contributed by atoms with E-state index >= 15 is 0 Å². The summed E-state index contributed by atoms with van der Waals surface area (Å²) < 4.78 is 26.4. The number of hydrogen-bond acceptors (Lipinski definition) is 3. The lowest BCUT2D eigenvalue weighted by atomic mass is 10.1. The minimum atomic E-state index is -1.42. The maximum absolute atomic E-state index is 13.5. The van der Waals surface area contributed by atoms with E-state index < -0.39 is 35.2 Å². The lowest BCUT2D eigenvalue weighted by Gasteiger charge is -2.15. The van der Waals surface area contributed by atoms with Gasteiger partial charge in [-0.15, -0.1) is 0 Å². The quantitative estimate of drug-likeness (QED) is 0.844. The van der Waals surface area contributed by atoms with Gasteiger partial charge in [0.2, 0.25) is 5.95 Å². The molecule has 0 saturated heterocycles. The van der Waals surface area contributed by atoms with Crippen LogP contribution in [0.1, 0.15) is 22.0 Å². The molecule has 0 radical (unpaired) electrons. The first kappa shape index (κ1) is 14.6. The summed E-state index contributed by atoms with van der Waals surface area (Å²) in [6.45, 7) is 0. The van der Waals surface area contributed by atoms with Crippen molar-refractivity contribution >= 4 is 11.9 Å². The summed E-state index contributed by atoms with van der Waals surface area (Å²) in [7, 11) is 0. The molecule has 0 aliphatic heterocycles. The van der Waals surface area contributed by atoms with Crippen LogP contribution in [0.4, 0.5) is 8.78 Å². The number of hydrogen-bond donors (Lipinski definition) is 2. The number of aliphatic carboxylic acids is 1. The summed E-state index contributed by atoms with van der Waals surface area (Å²) in [5.41, 5.74) is -0.294. The highest BCUT2D eigenvalue weighted by molar-refractivity contribution is 5.96. The van der Waals surface area contributed by atoms with Crippen LogP contribution in [-0.2, 0) is 4.79 Å². The average Bonchev–Trinajstić information content (AvgIpc) is 2.48. The molecule has 1 atom stereocenters. The van der Waals surface area contributed by atoms with Gasteiger partial charge in [-0.25, -0.2) is 14.2 Å². The fraction of sp³-hybridized carbons (Fsp3) is 0.0714. The molecule has 21 heavy (non-hydrogen) atoms. The Morgan fingerprint density at radius 2 is 1.81 bits per heavy atom. The second kappa shape index (κ2) is 6.08. The van der Waals surface area contributed by atoms with Crippen molar-refractivity contribution in [3.05, 3.63) is 65.5 Å². The molecular weight excluding hydrogens is 282 g/mol. The number of carbonyl (C=O) groups excluding carboxylic acids is 1. The van der Waals surface area contributed by atoms with Crippen molar-refractivity contribution in [1.29, 1.82) is 0 Å². The monoisotopic (exact) mass is 292 g/mol. The lowest BCUT2D eigenvalue weighted by molar-refractivity contribution is -0.139. The molecule has 1 aromatic heterocycles. The van der Waals surface area contributed by atoms with Crippen molar-refractivity contribution < 1.29 is 23.5 Å². The second-order valence-corrected chi connectivity index (χ2v) is 4.12. The number of amides is 1. The Kier molecular flexibility index (Phi) is 4.22. The molecule has 0 aliphatic rings. The molecule has 108 valence electrons. The van der Waals surface area contributed by atoms with Crippen LogP contribution in [0, 0.1) is 11.8 Å². The summed E-state index contributed by atoms with van der Waals surface area (Å²) in [4.78, 5) is 26.2. The van der Waals surface area contributed by atoms with Crippen LogP contribution in [0.15, 0.2) is 42.6 Å². The van der Waals surface area contributed by atoms with Crippen LogP contribution in [-0.4, -0.2) is 22.0 Å². The largest absolute Gasteiger partial charge is 0.479 e. The first-order valence-electron chi connectivity index (χ1n) is 5.89. The van der Waals surface area contributed by atoms with Gasteiger partial charge in [0.15, 0.2) is 11.9 Å². The summed E-state index contributed by atoms with van der Waals surface area (Å²) in [6.07, 6.45) is 0.922. The van der Waals surface area contributed by atoms with Crippen LogP contribution in [0.2, 0.25) is 0 Å². The van der Waals surface area contributed by atoms with Crippen LogP contribution in [0.5, 0.6) is 0 Å². The molecule has 2 rings (SSSR count). The van der Waals surface area contributed by atoms with E-state index in [9.17, 15) is 18.4 Å². The van der Waals surface area contributed by atoms with Gasteiger partial charge < -0.3 is 10.4 Å². The van der Waals surface area contributed by atoms with Crippen LogP contribution < -0.4 is 5.32 Å². The van der Waals surface area contributed by atoms with Gasteiger partial charge in [0, 0.05) is 6.20 Å². The molecule has 0 saturated carbocycles. The summed E-state index contributed by atoms with van der Waals surface area (Å²) in [5.74, 6) is -5.20. The first-order chi connectivity index (χ1) is 10.0. The maximum atomic E-state index is 13.5. The molecule has 1 heterocycles. The third-order valence-electron chi connectivity index (χ3n) is 2.75. The van der Waals surface area contributed by atoms with Crippen LogP contribution in [0.25, 0.3) is 0 Å². The number of aromatic nitrogens is 1. The standard InChI is InChI=1S/C14H10F2N2O3/c15-10-9(6-7-17-12(10)16)13(19)18-11(14(20)21)8-4-2-1-3-5-8/h1-7,11H,(H,18,19)(H,20,21)/t11-/m1/s1. The van der Waals surface area contributed by atoms with E-state index in [1.54, 1.807) is 18.2 Å². The van der Waals surface area contributed by atoms with Crippen molar-refractivity contribution in [3.8, 4) is 0 Å². The molecule has 0 unspecified atom stereocenters. The normalized spacial score (nSPS) is 11.7. The van der Waals surface area contributed by atoms with Crippen molar-refractivity contribution in [1.82, 2.24) is 10.3 Å². The Morgan fingerprint density at radius 3 is 2.43 bits per heavy atom. The SMILES string of the molecule is O=C(N[C@@H](C(=O)O)c1ccccc1)c1ccnc(F)c1F. The zero-order valence-electron chi connectivity index (χ0n) is 10.6. The Morgan fingerprint density at radius 1 is 1.14 bits per heavy atom. The highest BCUT2D eigenvalue weighted by Gasteiger charge is 2.24. The Balaban J connectivity index is 2.28. The van der Waals surface area contributed by atoms with Crippen molar-refractivity contribution in [3.63, 3.8) is 0 Å². The molecule has 7 heteroatoms. The first-order valence-corrected chi connectivity index (χ1v) is 5.89. The van der Waals surface area contributed by atoms with Crippen molar-refractivity contribution in [2.45, 2.75) is 6.04 Å².